The molecule has 0 aliphatic heterocycles. The summed E-state index contributed by atoms with van der Waals surface area (Å²) < 4.78 is 4.77. The summed E-state index contributed by atoms with van der Waals surface area (Å²) in [6.07, 6.45) is 0. The molecule has 1 aromatic rings. The summed E-state index contributed by atoms with van der Waals surface area (Å²) in [5.74, 6) is -0.652. The van der Waals surface area contributed by atoms with E-state index in [1.165, 1.54) is 0 Å². The van der Waals surface area contributed by atoms with Crippen LogP contribution in [0.4, 0.5) is 0 Å². The van der Waals surface area contributed by atoms with E-state index in [1.807, 2.05) is 24.7 Å². The Morgan fingerprint density at radius 2 is 2.00 bits per heavy atom. The third-order valence-corrected chi connectivity index (χ3v) is 3.32. The van der Waals surface area contributed by atoms with Crippen LogP contribution in [-0.4, -0.2) is 18.4 Å². The molecule has 0 aliphatic rings. The molecule has 0 saturated carbocycles. The van der Waals surface area contributed by atoms with Crippen molar-refractivity contribution in [2.24, 2.45) is 0 Å². The van der Waals surface area contributed by atoms with E-state index in [0.717, 1.165) is 0 Å². The van der Waals surface area contributed by atoms with Crippen molar-refractivity contribution >= 4 is 30.5 Å². The second-order valence-corrected chi connectivity index (χ2v) is 5.56. The minimum absolute atomic E-state index is 0.0730. The summed E-state index contributed by atoms with van der Waals surface area (Å²) in [5, 5.41) is 2.48. The first-order valence-corrected chi connectivity index (χ1v) is 11.2. The molecule has 0 aromatic heterocycles. The number of hydrogen-bond acceptors (Lipinski definition) is 3. The molecule has 0 radical (unpaired) electrons. The van der Waals surface area contributed by atoms with Crippen LogP contribution in [0.25, 0.3) is 0 Å². The van der Waals surface area contributed by atoms with Gasteiger partial charge in [-0.15, -0.1) is 0 Å². The van der Waals surface area contributed by atoms with Gasteiger partial charge in [0.15, 0.2) is 0 Å². The molecule has 0 spiro atoms. The van der Waals surface area contributed by atoms with Gasteiger partial charge in [0.25, 0.3) is 0 Å². The Morgan fingerprint density at radius 1 is 1.33 bits per heavy atom. The maximum atomic E-state index is 11.4. The molecule has 1 amide bonds. The van der Waals surface area contributed by atoms with Crippen LogP contribution in [-0.2, 0) is 7.86 Å². The fraction of sp³-hybridized carbons (Fsp3) is 0.111. The number of rotatable bonds is 4. The Hall–Kier alpha value is -0.380. The van der Waals surface area contributed by atoms with Crippen molar-refractivity contribution in [2.45, 2.75) is 0 Å². The summed E-state index contributed by atoms with van der Waals surface area (Å²) in [7, 11) is 0. The van der Waals surface area contributed by atoms with Crippen LogP contribution in [0, 0.1) is 0 Å². The fourth-order valence-corrected chi connectivity index (χ4v) is 2.49. The van der Waals surface area contributed by atoms with E-state index >= 15 is 0 Å². The van der Waals surface area contributed by atoms with Crippen molar-refractivity contribution < 1.29 is 30.3 Å². The second kappa shape index (κ2) is 6.99. The first kappa shape index (κ1) is 12.7. The zero-order valence-corrected chi connectivity index (χ0v) is 11.9. The van der Waals surface area contributed by atoms with Crippen LogP contribution >= 0.6 is 18.6 Å². The fourth-order valence-electron chi connectivity index (χ4n) is 0.904. The van der Waals surface area contributed by atoms with Gasteiger partial charge in [-0.2, -0.15) is 0 Å². The first-order valence-electron chi connectivity index (χ1n) is 4.03. The van der Waals surface area contributed by atoms with Crippen molar-refractivity contribution in [3.8, 4) is 0 Å². The molecule has 0 unspecified atom stereocenters. The van der Waals surface area contributed by atoms with Gasteiger partial charge in [0, 0.05) is 0 Å². The molecular formula is C9H8I2NO3-. The van der Waals surface area contributed by atoms with Crippen molar-refractivity contribution in [1.82, 2.24) is 5.32 Å². The van der Waals surface area contributed by atoms with Gasteiger partial charge < -0.3 is 0 Å². The second-order valence-electron chi connectivity index (χ2n) is 2.56. The Balaban J connectivity index is 2.40. The van der Waals surface area contributed by atoms with E-state index in [0.29, 0.717) is 5.56 Å². The number of halogens is 2. The van der Waals surface area contributed by atoms with Crippen LogP contribution in [0.1, 0.15) is 10.4 Å². The summed E-state index contributed by atoms with van der Waals surface area (Å²) >= 11 is 1.47. The molecule has 0 aliphatic carbocycles. The summed E-state index contributed by atoms with van der Waals surface area (Å²) in [6, 6.07) is 8.73. The van der Waals surface area contributed by atoms with Crippen molar-refractivity contribution in [3.05, 3.63) is 35.9 Å². The molecule has 1 rings (SSSR count). The summed E-state index contributed by atoms with van der Waals surface area (Å²) in [5.41, 5.74) is 0.537. The normalized spacial score (nSPS) is 9.67. The topological polar surface area (TPSA) is 55.4 Å². The van der Waals surface area contributed by atoms with Crippen LogP contribution in [0.15, 0.2) is 30.3 Å². The standard InChI is InChI=1S/C9H8I2NO3/c10-11-15-8(13)6-12-9(14)7-4-2-1-3-5-7/h1-5H,6H2,(H,12,14)/q-1. The quantitative estimate of drug-likeness (QED) is 0.579. The van der Waals surface area contributed by atoms with E-state index in [2.05, 4.69) is 5.32 Å². The van der Waals surface area contributed by atoms with Crippen molar-refractivity contribution in [3.63, 3.8) is 0 Å². The van der Waals surface area contributed by atoms with Crippen LogP contribution in [0.5, 0.6) is 0 Å². The summed E-state index contributed by atoms with van der Waals surface area (Å²) in [6.45, 7) is -0.0730. The molecule has 6 heteroatoms. The molecule has 1 N–H and O–H groups in total. The third kappa shape index (κ3) is 4.78. The van der Waals surface area contributed by atoms with Crippen LogP contribution in [0.3, 0.4) is 0 Å². The zero-order chi connectivity index (χ0) is 11.1. The van der Waals surface area contributed by atoms with Gasteiger partial charge in [0.2, 0.25) is 0 Å². The van der Waals surface area contributed by atoms with Gasteiger partial charge in [-0.25, -0.2) is 0 Å². The van der Waals surface area contributed by atoms with Gasteiger partial charge in [-0.3, -0.25) is 0 Å². The molecule has 15 heavy (non-hydrogen) atoms. The molecule has 82 valence electrons. The Morgan fingerprint density at radius 3 is 2.60 bits per heavy atom. The molecule has 0 saturated heterocycles. The number of nitrogens with one attached hydrogen (secondary N) is 1. The molecular weight excluding hydrogens is 424 g/mol. The van der Waals surface area contributed by atoms with Gasteiger partial charge in [-0.1, -0.05) is 0 Å². The first-order chi connectivity index (χ1) is 7.24. The van der Waals surface area contributed by atoms with E-state index in [9.17, 15) is 9.59 Å². The average Bonchev–Trinajstić information content (AvgIpc) is 2.27. The third-order valence-electron chi connectivity index (χ3n) is 1.54. The predicted molar refractivity (Wildman–Crippen MR) is 58.9 cm³/mol. The number of benzene rings is 1. The number of hydrogen-bond donors (Lipinski definition) is 1. The Bertz CT molecular complexity index is 342. The predicted octanol–water partition coefficient (Wildman–Crippen LogP) is -1.69. The molecule has 4 nitrogen and oxygen atoms in total. The summed E-state index contributed by atoms with van der Waals surface area (Å²) in [4.78, 5) is 22.4. The van der Waals surface area contributed by atoms with E-state index in [1.54, 1.807) is 24.3 Å². The Kier molecular flexibility index (Phi) is 5.91. The van der Waals surface area contributed by atoms with Crippen molar-refractivity contribution in [2.75, 3.05) is 6.54 Å². The van der Waals surface area contributed by atoms with E-state index in [4.69, 9.17) is 3.07 Å². The molecule has 0 fully saturated rings. The zero-order valence-electron chi connectivity index (χ0n) is 7.57. The van der Waals surface area contributed by atoms with Gasteiger partial charge in [0.1, 0.15) is 0 Å². The molecule has 0 atom stereocenters. The minimum atomic E-state index is -0.551. The van der Waals surface area contributed by atoms with E-state index in [-0.39, 0.29) is 18.4 Å². The van der Waals surface area contributed by atoms with Gasteiger partial charge >= 0.3 is 109 Å². The monoisotopic (exact) mass is 432 g/mol. The van der Waals surface area contributed by atoms with E-state index < -0.39 is 17.6 Å². The molecule has 0 bridgehead atoms. The number of carbonyl (C=O) groups excluding carboxylic acids is 2. The Labute approximate surface area is 108 Å². The number of amides is 1. The van der Waals surface area contributed by atoms with Crippen molar-refractivity contribution in [1.29, 1.82) is 0 Å². The molecule has 1 aromatic carbocycles. The van der Waals surface area contributed by atoms with Crippen LogP contribution < -0.4 is 23.0 Å². The van der Waals surface area contributed by atoms with Crippen LogP contribution in [0.2, 0.25) is 0 Å². The molecule has 0 heterocycles. The van der Waals surface area contributed by atoms with Gasteiger partial charge in [-0.05, 0) is 0 Å². The maximum absolute atomic E-state index is 11.4. The van der Waals surface area contributed by atoms with Gasteiger partial charge in [0.05, 0.1) is 0 Å². The number of carbonyl (C=O) groups is 2. The SMILES string of the molecule is O=C(CNC(=O)c1ccccc1)O[I-]I. The average molecular weight is 432 g/mol.